The first-order valence-electron chi connectivity index (χ1n) is 7.85. The summed E-state index contributed by atoms with van der Waals surface area (Å²) in [6, 6.07) is 16.5. The molecule has 2 aromatic rings. The predicted molar refractivity (Wildman–Crippen MR) is 89.2 cm³/mol. The topological polar surface area (TPSA) is 20.3 Å². The van der Waals surface area contributed by atoms with Crippen molar-refractivity contribution in [2.45, 2.75) is 12.6 Å². The lowest BCUT2D eigenvalue weighted by molar-refractivity contribution is -0.112. The highest BCUT2D eigenvalue weighted by atomic mass is 19.1. The van der Waals surface area contributed by atoms with Gasteiger partial charge in [0.15, 0.2) is 0 Å². The molecule has 118 valence electrons. The van der Waals surface area contributed by atoms with Crippen LogP contribution in [0.1, 0.15) is 17.2 Å². The van der Waals surface area contributed by atoms with Crippen molar-refractivity contribution in [2.24, 2.45) is 11.8 Å². The molecule has 0 aliphatic carbocycles. The smallest absolute Gasteiger partial charge is 0.128 e. The molecule has 0 saturated carbocycles. The van der Waals surface area contributed by atoms with Gasteiger partial charge in [0.05, 0.1) is 0 Å². The molecule has 0 radical (unpaired) electrons. The van der Waals surface area contributed by atoms with Crippen LogP contribution in [0.4, 0.5) is 4.39 Å². The molecule has 0 spiro atoms. The maximum Gasteiger partial charge on any atom is 0.128 e. The Hall–Kier alpha value is -2.26. The van der Waals surface area contributed by atoms with Gasteiger partial charge in [0.1, 0.15) is 12.1 Å². The van der Waals surface area contributed by atoms with E-state index >= 15 is 0 Å². The Labute approximate surface area is 136 Å². The molecule has 2 aromatic carbocycles. The molecular weight excluding hydrogens is 289 g/mol. The maximum atomic E-state index is 14.3. The molecule has 1 fully saturated rings. The van der Waals surface area contributed by atoms with E-state index in [0.717, 1.165) is 11.8 Å². The Morgan fingerprint density at radius 2 is 1.83 bits per heavy atom. The molecule has 3 rings (SSSR count). The van der Waals surface area contributed by atoms with Crippen LogP contribution in [0.3, 0.4) is 0 Å². The lowest BCUT2D eigenvalue weighted by Gasteiger charge is -2.27. The molecule has 23 heavy (non-hydrogen) atoms. The van der Waals surface area contributed by atoms with E-state index in [9.17, 15) is 9.18 Å². The number of likely N-dealkylation sites (tertiary alicyclic amines) is 1. The highest BCUT2D eigenvalue weighted by molar-refractivity contribution is 5.58. The lowest BCUT2D eigenvalue weighted by Crippen LogP contribution is -2.26. The Morgan fingerprint density at radius 1 is 1.13 bits per heavy atom. The van der Waals surface area contributed by atoms with Crippen molar-refractivity contribution in [2.75, 3.05) is 6.54 Å². The molecule has 1 heterocycles. The second kappa shape index (κ2) is 6.88. The van der Waals surface area contributed by atoms with E-state index in [4.69, 9.17) is 0 Å². The third-order valence-corrected chi connectivity index (χ3v) is 4.61. The van der Waals surface area contributed by atoms with Crippen molar-refractivity contribution < 1.29 is 9.18 Å². The van der Waals surface area contributed by atoms with Crippen molar-refractivity contribution in [3.05, 3.63) is 84.2 Å². The fourth-order valence-corrected chi connectivity index (χ4v) is 3.49. The first-order chi connectivity index (χ1) is 11.2. The molecule has 0 aromatic heterocycles. The lowest BCUT2D eigenvalue weighted by atomic mass is 9.88. The van der Waals surface area contributed by atoms with Gasteiger partial charge < -0.3 is 4.79 Å². The molecule has 0 bridgehead atoms. The SMILES string of the molecule is C=C[C@H]1CN(Cc2ccccc2)[C@H](c2ccccc2F)[C@H]1C=O. The molecule has 1 aliphatic rings. The van der Waals surface area contributed by atoms with Gasteiger partial charge in [-0.1, -0.05) is 54.6 Å². The summed E-state index contributed by atoms with van der Waals surface area (Å²) in [7, 11) is 0. The van der Waals surface area contributed by atoms with E-state index < -0.39 is 0 Å². The zero-order valence-electron chi connectivity index (χ0n) is 12.9. The van der Waals surface area contributed by atoms with Gasteiger partial charge in [-0.15, -0.1) is 6.58 Å². The molecule has 0 amide bonds. The number of hydrogen-bond donors (Lipinski definition) is 0. The third-order valence-electron chi connectivity index (χ3n) is 4.61. The van der Waals surface area contributed by atoms with E-state index in [1.54, 1.807) is 12.1 Å². The van der Waals surface area contributed by atoms with Crippen molar-refractivity contribution in [3.63, 3.8) is 0 Å². The van der Waals surface area contributed by atoms with Gasteiger partial charge in [-0.25, -0.2) is 4.39 Å². The number of nitrogens with zero attached hydrogens (tertiary/aromatic N) is 1. The first-order valence-corrected chi connectivity index (χ1v) is 7.85. The highest BCUT2D eigenvalue weighted by Crippen LogP contribution is 2.41. The Balaban J connectivity index is 1.97. The molecule has 1 aliphatic heterocycles. The molecule has 0 N–H and O–H groups in total. The minimum Gasteiger partial charge on any atom is -0.303 e. The second-order valence-electron chi connectivity index (χ2n) is 5.99. The summed E-state index contributed by atoms with van der Waals surface area (Å²) in [5, 5.41) is 0. The second-order valence-corrected chi connectivity index (χ2v) is 5.99. The zero-order valence-corrected chi connectivity index (χ0v) is 12.9. The molecule has 3 heteroatoms. The van der Waals surface area contributed by atoms with E-state index in [0.29, 0.717) is 18.7 Å². The number of halogens is 1. The van der Waals surface area contributed by atoms with Crippen LogP contribution in [0, 0.1) is 17.7 Å². The number of hydrogen-bond acceptors (Lipinski definition) is 2. The first kappa shape index (κ1) is 15.6. The number of carbonyl (C=O) groups is 1. The van der Waals surface area contributed by atoms with Crippen LogP contribution < -0.4 is 0 Å². The van der Waals surface area contributed by atoms with Crippen LogP contribution in [0.15, 0.2) is 67.3 Å². The normalized spacial score (nSPS) is 24.5. The standard InChI is InChI=1S/C20H20FNO/c1-2-16-13-22(12-15-8-4-3-5-9-15)20(18(16)14-23)17-10-6-7-11-19(17)21/h2-11,14,16,18,20H,1,12-13H2/t16-,18-,20+/m0/s1. The number of benzene rings is 2. The summed E-state index contributed by atoms with van der Waals surface area (Å²) in [6.45, 7) is 5.25. The van der Waals surface area contributed by atoms with Crippen molar-refractivity contribution in [1.29, 1.82) is 0 Å². The van der Waals surface area contributed by atoms with Gasteiger partial charge in [0, 0.05) is 36.5 Å². The summed E-state index contributed by atoms with van der Waals surface area (Å²) in [4.78, 5) is 13.9. The molecule has 2 nitrogen and oxygen atoms in total. The minimum absolute atomic E-state index is 0.0424. The van der Waals surface area contributed by atoms with E-state index in [2.05, 4.69) is 23.6 Å². The van der Waals surface area contributed by atoms with Crippen molar-refractivity contribution in [1.82, 2.24) is 4.90 Å². The monoisotopic (exact) mass is 309 g/mol. The van der Waals surface area contributed by atoms with Crippen LogP contribution in [0.2, 0.25) is 0 Å². The third kappa shape index (κ3) is 3.10. The fourth-order valence-electron chi connectivity index (χ4n) is 3.49. The zero-order chi connectivity index (χ0) is 16.2. The Kier molecular flexibility index (Phi) is 4.68. The average molecular weight is 309 g/mol. The summed E-state index contributed by atoms with van der Waals surface area (Å²) in [6.07, 6.45) is 2.77. The summed E-state index contributed by atoms with van der Waals surface area (Å²) in [5.74, 6) is -0.485. The molecule has 3 atom stereocenters. The quantitative estimate of drug-likeness (QED) is 0.614. The highest BCUT2D eigenvalue weighted by Gasteiger charge is 2.41. The van der Waals surface area contributed by atoms with Gasteiger partial charge in [-0.3, -0.25) is 4.90 Å². The van der Waals surface area contributed by atoms with Gasteiger partial charge in [-0.05, 0) is 11.6 Å². The van der Waals surface area contributed by atoms with E-state index in [1.165, 1.54) is 6.07 Å². The minimum atomic E-state index is -0.270. The predicted octanol–water partition coefficient (Wildman–Crippen LogP) is 4.00. The number of rotatable bonds is 5. The number of aldehydes is 1. The van der Waals surface area contributed by atoms with Gasteiger partial charge >= 0.3 is 0 Å². The largest absolute Gasteiger partial charge is 0.303 e. The maximum absolute atomic E-state index is 14.3. The average Bonchev–Trinajstić information content (AvgIpc) is 2.93. The molecule has 0 unspecified atom stereocenters. The van der Waals surface area contributed by atoms with Crippen LogP contribution in [0.5, 0.6) is 0 Å². The Bertz CT molecular complexity index is 685. The van der Waals surface area contributed by atoms with Crippen molar-refractivity contribution in [3.8, 4) is 0 Å². The van der Waals surface area contributed by atoms with Gasteiger partial charge in [0.2, 0.25) is 0 Å². The van der Waals surface area contributed by atoms with Crippen LogP contribution in [-0.2, 0) is 11.3 Å². The fraction of sp³-hybridized carbons (Fsp3) is 0.250. The van der Waals surface area contributed by atoms with Crippen LogP contribution >= 0.6 is 0 Å². The molecule has 1 saturated heterocycles. The van der Waals surface area contributed by atoms with Crippen molar-refractivity contribution >= 4 is 6.29 Å². The van der Waals surface area contributed by atoms with Crippen LogP contribution in [0.25, 0.3) is 0 Å². The summed E-state index contributed by atoms with van der Waals surface area (Å²) < 4.78 is 14.3. The van der Waals surface area contributed by atoms with Gasteiger partial charge in [0.25, 0.3) is 0 Å². The van der Waals surface area contributed by atoms with E-state index in [1.807, 2.05) is 30.3 Å². The summed E-state index contributed by atoms with van der Waals surface area (Å²) >= 11 is 0. The number of carbonyl (C=O) groups excluding carboxylic acids is 1. The van der Waals surface area contributed by atoms with E-state index in [-0.39, 0.29) is 23.7 Å². The van der Waals surface area contributed by atoms with Gasteiger partial charge in [-0.2, -0.15) is 0 Å². The molecular formula is C20H20FNO. The van der Waals surface area contributed by atoms with Crippen LogP contribution in [-0.4, -0.2) is 17.7 Å². The Morgan fingerprint density at radius 3 is 2.48 bits per heavy atom. The summed E-state index contributed by atoms with van der Waals surface area (Å²) in [5.41, 5.74) is 1.74.